The first-order valence-electron chi connectivity index (χ1n) is 8.98. The van der Waals surface area contributed by atoms with Crippen LogP contribution >= 0.6 is 0 Å². The molecule has 0 bridgehead atoms. The molecule has 1 aliphatic heterocycles. The van der Waals surface area contributed by atoms with Crippen LogP contribution in [0.4, 0.5) is 11.4 Å². The molecule has 2 aromatic carbocycles. The van der Waals surface area contributed by atoms with Gasteiger partial charge in [-0.25, -0.2) is 13.2 Å². The average molecular weight is 388 g/mol. The summed E-state index contributed by atoms with van der Waals surface area (Å²) < 4.78 is 27.7. The van der Waals surface area contributed by atoms with E-state index in [0.29, 0.717) is 11.3 Å². The summed E-state index contributed by atoms with van der Waals surface area (Å²) >= 11 is 0. The Morgan fingerprint density at radius 3 is 2.33 bits per heavy atom. The van der Waals surface area contributed by atoms with Crippen LogP contribution in [-0.4, -0.2) is 32.6 Å². The minimum atomic E-state index is -3.86. The molecule has 0 spiro atoms. The monoisotopic (exact) mass is 388 g/mol. The minimum absolute atomic E-state index is 0.0208. The zero-order valence-electron chi connectivity index (χ0n) is 15.5. The van der Waals surface area contributed by atoms with Crippen LogP contribution in [0.25, 0.3) is 0 Å². The summed E-state index contributed by atoms with van der Waals surface area (Å²) in [6, 6.07) is 11.4. The smallest absolute Gasteiger partial charge is 0.335 e. The number of rotatable bonds is 5. The first kappa shape index (κ1) is 19.2. The fraction of sp³-hybridized carbons (Fsp3) is 0.350. The van der Waals surface area contributed by atoms with Gasteiger partial charge in [0.15, 0.2) is 0 Å². The van der Waals surface area contributed by atoms with E-state index in [4.69, 9.17) is 0 Å². The van der Waals surface area contributed by atoms with Gasteiger partial charge in [0.2, 0.25) is 0 Å². The Hall–Kier alpha value is -2.54. The molecule has 0 atom stereocenters. The summed E-state index contributed by atoms with van der Waals surface area (Å²) in [5, 5.41) is 9.20. The molecule has 1 fully saturated rings. The van der Waals surface area contributed by atoms with Crippen LogP contribution in [0.2, 0.25) is 0 Å². The number of hydrogen-bond acceptors (Lipinski definition) is 4. The molecule has 0 amide bonds. The van der Waals surface area contributed by atoms with Gasteiger partial charge in [0.25, 0.3) is 10.0 Å². The van der Waals surface area contributed by atoms with Crippen molar-refractivity contribution in [3.05, 3.63) is 53.6 Å². The lowest BCUT2D eigenvalue weighted by Gasteiger charge is -2.32. The largest absolute Gasteiger partial charge is 0.478 e. The summed E-state index contributed by atoms with van der Waals surface area (Å²) in [4.78, 5) is 13.5. The van der Waals surface area contributed by atoms with Gasteiger partial charge in [-0.1, -0.05) is 13.0 Å². The molecule has 27 heavy (non-hydrogen) atoms. The molecule has 2 N–H and O–H groups in total. The molecule has 0 aromatic heterocycles. The lowest BCUT2D eigenvalue weighted by molar-refractivity contribution is 0.0696. The molecule has 0 saturated carbocycles. The maximum Gasteiger partial charge on any atom is 0.335 e. The molecule has 1 heterocycles. The second-order valence-electron chi connectivity index (χ2n) is 7.10. The molecule has 6 nitrogen and oxygen atoms in total. The van der Waals surface area contributed by atoms with Crippen molar-refractivity contribution in [1.82, 2.24) is 0 Å². The number of carboxylic acid groups (broad SMARTS) is 1. The highest BCUT2D eigenvalue weighted by Crippen LogP contribution is 2.25. The van der Waals surface area contributed by atoms with E-state index in [1.165, 1.54) is 18.2 Å². The fourth-order valence-electron chi connectivity index (χ4n) is 3.22. The fourth-order valence-corrected chi connectivity index (χ4v) is 4.30. The Bertz CT molecular complexity index is 931. The minimum Gasteiger partial charge on any atom is -0.478 e. The van der Waals surface area contributed by atoms with Crippen molar-refractivity contribution in [1.29, 1.82) is 0 Å². The molecule has 1 saturated heterocycles. The van der Waals surface area contributed by atoms with Gasteiger partial charge in [-0.15, -0.1) is 0 Å². The molecular weight excluding hydrogens is 364 g/mol. The normalized spacial score (nSPS) is 15.6. The van der Waals surface area contributed by atoms with Gasteiger partial charge in [0.1, 0.15) is 0 Å². The van der Waals surface area contributed by atoms with Crippen LogP contribution in [0.15, 0.2) is 47.4 Å². The van der Waals surface area contributed by atoms with E-state index in [9.17, 15) is 18.3 Å². The number of sulfonamides is 1. The molecule has 0 aliphatic carbocycles. The zero-order chi connectivity index (χ0) is 19.6. The van der Waals surface area contributed by atoms with Crippen molar-refractivity contribution in [2.75, 3.05) is 22.7 Å². The summed E-state index contributed by atoms with van der Waals surface area (Å²) in [7, 11) is -3.86. The number of piperidine rings is 1. The van der Waals surface area contributed by atoms with E-state index in [1.54, 1.807) is 19.1 Å². The second kappa shape index (κ2) is 7.60. The molecule has 0 unspecified atom stereocenters. The Balaban J connectivity index is 1.76. The van der Waals surface area contributed by atoms with E-state index in [-0.39, 0.29) is 10.5 Å². The Morgan fingerprint density at radius 1 is 1.11 bits per heavy atom. The molecule has 7 heteroatoms. The standard InChI is InChI=1S/C20H24N2O4S/c1-14-9-11-22(12-10-14)17-6-4-16(5-7-17)21-27(25,26)18-8-3-15(2)19(13-18)20(23)24/h3-8,13-14,21H,9-12H2,1-2H3,(H,23,24). The highest BCUT2D eigenvalue weighted by atomic mass is 32.2. The first-order chi connectivity index (χ1) is 12.8. The number of anilines is 2. The number of carbonyl (C=O) groups is 1. The predicted molar refractivity (Wildman–Crippen MR) is 106 cm³/mol. The third kappa shape index (κ3) is 4.42. The van der Waals surface area contributed by atoms with E-state index in [1.807, 2.05) is 12.1 Å². The number of carboxylic acids is 1. The quantitative estimate of drug-likeness (QED) is 0.815. The second-order valence-corrected chi connectivity index (χ2v) is 8.79. The average Bonchev–Trinajstić information content (AvgIpc) is 2.63. The third-order valence-electron chi connectivity index (χ3n) is 5.02. The van der Waals surface area contributed by atoms with E-state index >= 15 is 0 Å². The van der Waals surface area contributed by atoms with Crippen LogP contribution in [0.1, 0.15) is 35.7 Å². The molecule has 2 aromatic rings. The summed E-state index contributed by atoms with van der Waals surface area (Å²) in [6.07, 6.45) is 2.32. The molecule has 1 aliphatic rings. The van der Waals surface area contributed by atoms with Crippen molar-refractivity contribution >= 4 is 27.4 Å². The van der Waals surface area contributed by atoms with Crippen LogP contribution < -0.4 is 9.62 Å². The number of aryl methyl sites for hydroxylation is 1. The number of aromatic carboxylic acids is 1. The Kier molecular flexibility index (Phi) is 5.41. The van der Waals surface area contributed by atoms with Gasteiger partial charge in [-0.3, -0.25) is 4.72 Å². The third-order valence-corrected chi connectivity index (χ3v) is 6.40. The van der Waals surface area contributed by atoms with Crippen molar-refractivity contribution in [3.63, 3.8) is 0 Å². The van der Waals surface area contributed by atoms with E-state index < -0.39 is 16.0 Å². The molecule has 0 radical (unpaired) electrons. The Morgan fingerprint density at radius 2 is 1.74 bits per heavy atom. The van der Waals surface area contributed by atoms with Gasteiger partial charge in [0.05, 0.1) is 10.5 Å². The molecule has 144 valence electrons. The van der Waals surface area contributed by atoms with Crippen LogP contribution in [0.5, 0.6) is 0 Å². The van der Waals surface area contributed by atoms with Gasteiger partial charge in [0, 0.05) is 24.5 Å². The van der Waals surface area contributed by atoms with E-state index in [2.05, 4.69) is 16.5 Å². The van der Waals surface area contributed by atoms with Crippen molar-refractivity contribution in [2.24, 2.45) is 5.92 Å². The first-order valence-corrected chi connectivity index (χ1v) is 10.5. The van der Waals surface area contributed by atoms with Crippen molar-refractivity contribution in [2.45, 2.75) is 31.6 Å². The lowest BCUT2D eigenvalue weighted by atomic mass is 9.99. The Labute approximate surface area is 159 Å². The van der Waals surface area contributed by atoms with Gasteiger partial charge in [-0.2, -0.15) is 0 Å². The number of hydrogen-bond donors (Lipinski definition) is 2. The summed E-state index contributed by atoms with van der Waals surface area (Å²) in [5.74, 6) is -0.401. The predicted octanol–water partition coefficient (Wildman–Crippen LogP) is 3.73. The van der Waals surface area contributed by atoms with Gasteiger partial charge >= 0.3 is 5.97 Å². The van der Waals surface area contributed by atoms with Gasteiger partial charge < -0.3 is 10.0 Å². The summed E-state index contributed by atoms with van der Waals surface area (Å²) in [5.41, 5.74) is 2.02. The molecule has 3 rings (SSSR count). The zero-order valence-corrected chi connectivity index (χ0v) is 16.3. The highest BCUT2D eigenvalue weighted by Gasteiger charge is 2.19. The molecular formula is C20H24N2O4S. The maximum atomic E-state index is 12.6. The lowest BCUT2D eigenvalue weighted by Crippen LogP contribution is -2.32. The number of nitrogens with zero attached hydrogens (tertiary/aromatic N) is 1. The van der Waals surface area contributed by atoms with Crippen LogP contribution in [0.3, 0.4) is 0 Å². The van der Waals surface area contributed by atoms with Gasteiger partial charge in [-0.05, 0) is 67.6 Å². The SMILES string of the molecule is Cc1ccc(S(=O)(=O)Nc2ccc(N3CCC(C)CC3)cc2)cc1C(=O)O. The van der Waals surface area contributed by atoms with Crippen LogP contribution in [-0.2, 0) is 10.0 Å². The maximum absolute atomic E-state index is 12.6. The van der Waals surface area contributed by atoms with Crippen molar-refractivity contribution < 1.29 is 18.3 Å². The van der Waals surface area contributed by atoms with E-state index in [0.717, 1.165) is 37.5 Å². The number of nitrogens with one attached hydrogen (secondary N) is 1. The highest BCUT2D eigenvalue weighted by molar-refractivity contribution is 7.92. The summed E-state index contributed by atoms with van der Waals surface area (Å²) in [6.45, 7) is 5.91. The topological polar surface area (TPSA) is 86.7 Å². The van der Waals surface area contributed by atoms with Crippen molar-refractivity contribution in [3.8, 4) is 0 Å². The number of benzene rings is 2. The van der Waals surface area contributed by atoms with Crippen LogP contribution in [0, 0.1) is 12.8 Å².